The summed E-state index contributed by atoms with van der Waals surface area (Å²) < 4.78 is 17.4. The number of nitrogens with one attached hydrogen (secondary N) is 2. The first kappa shape index (κ1) is 23.9. The van der Waals surface area contributed by atoms with Gasteiger partial charge in [0.1, 0.15) is 17.4 Å². The van der Waals surface area contributed by atoms with Gasteiger partial charge >= 0.3 is 0 Å². The van der Waals surface area contributed by atoms with E-state index in [1.807, 2.05) is 42.5 Å². The van der Waals surface area contributed by atoms with Crippen LogP contribution in [-0.2, 0) is 30.4 Å². The molecule has 4 aliphatic heterocycles. The molecule has 3 fully saturated rings. The van der Waals surface area contributed by atoms with Gasteiger partial charge in [-0.25, -0.2) is 0 Å². The van der Waals surface area contributed by atoms with Crippen molar-refractivity contribution in [2.45, 2.75) is 56.6 Å². The second kappa shape index (κ2) is 8.81. The maximum atomic E-state index is 14.0. The SMILES string of the molecule is Cc1cc(NC(=O)[C@H]2[C@H]3C(=O)N(C[C@@H]4CCCO4)[C@H](C(=O)NCc4ccccc4)[C@@]34C=C[C@]2(C)O4)no1. The summed E-state index contributed by atoms with van der Waals surface area (Å²) in [6.07, 6.45) is 5.17. The van der Waals surface area contributed by atoms with E-state index < -0.39 is 35.0 Å². The Bertz CT molecular complexity index is 1250. The molecule has 5 heterocycles. The Morgan fingerprint density at radius 1 is 1.19 bits per heavy atom. The molecule has 0 unspecified atom stereocenters. The minimum absolute atomic E-state index is 0.161. The van der Waals surface area contributed by atoms with Gasteiger partial charge in [-0.3, -0.25) is 14.4 Å². The summed E-state index contributed by atoms with van der Waals surface area (Å²) in [6.45, 7) is 4.72. The van der Waals surface area contributed by atoms with Crippen LogP contribution >= 0.6 is 0 Å². The molecule has 10 heteroatoms. The molecule has 1 aromatic carbocycles. The van der Waals surface area contributed by atoms with Crippen LogP contribution in [0.5, 0.6) is 0 Å². The van der Waals surface area contributed by atoms with Crippen LogP contribution < -0.4 is 10.6 Å². The average Bonchev–Trinajstić information content (AvgIpc) is 3.68. The average molecular weight is 507 g/mol. The number of likely N-dealkylation sites (tertiary alicyclic amines) is 1. The van der Waals surface area contributed by atoms with Crippen LogP contribution in [0.1, 0.15) is 31.1 Å². The molecular weight excluding hydrogens is 476 g/mol. The van der Waals surface area contributed by atoms with E-state index in [1.165, 1.54) is 0 Å². The summed E-state index contributed by atoms with van der Waals surface area (Å²) in [5, 5.41) is 9.62. The Hall–Kier alpha value is -3.50. The third-order valence-electron chi connectivity index (χ3n) is 7.94. The Balaban J connectivity index is 1.32. The number of rotatable bonds is 7. The molecule has 1 aromatic heterocycles. The highest BCUT2D eigenvalue weighted by molar-refractivity contribution is 6.03. The lowest BCUT2D eigenvalue weighted by molar-refractivity contribution is -0.145. The number of nitrogens with zero attached hydrogens (tertiary/aromatic N) is 2. The number of aryl methyl sites for hydroxylation is 1. The molecule has 0 radical (unpaired) electrons. The largest absolute Gasteiger partial charge is 0.376 e. The van der Waals surface area contributed by atoms with Gasteiger partial charge in [-0.15, -0.1) is 0 Å². The molecule has 6 rings (SSSR count). The van der Waals surface area contributed by atoms with Gasteiger partial charge in [-0.2, -0.15) is 0 Å². The number of ether oxygens (including phenoxy) is 2. The normalized spacial score (nSPS) is 33.7. The quantitative estimate of drug-likeness (QED) is 0.551. The number of benzene rings is 1. The summed E-state index contributed by atoms with van der Waals surface area (Å²) in [7, 11) is 0. The Morgan fingerprint density at radius 3 is 2.70 bits per heavy atom. The Labute approximate surface area is 214 Å². The number of anilines is 1. The van der Waals surface area contributed by atoms with E-state index in [0.717, 1.165) is 18.4 Å². The molecule has 0 aliphatic carbocycles. The third kappa shape index (κ3) is 3.86. The fraction of sp³-hybridized carbons (Fsp3) is 0.481. The number of carbonyl (C=O) groups excluding carboxylic acids is 3. The van der Waals surface area contributed by atoms with Gasteiger partial charge in [0.25, 0.3) is 0 Å². The predicted octanol–water partition coefficient (Wildman–Crippen LogP) is 1.96. The molecule has 2 bridgehead atoms. The standard InChI is InChI=1S/C27H30N4O6/c1-16-13-19(30-36-16)29-23(32)20-21-25(34)31(15-18-9-6-12-35-18)22(27(21)11-10-26(20,2)37-27)24(33)28-14-17-7-4-3-5-8-17/h3-5,7-8,10-11,13,18,20-22H,6,9,12,14-15H2,1-2H3,(H,28,33)(H,29,30,32)/t18-,20+,21-,22+,26-,27+/m0/s1. The van der Waals surface area contributed by atoms with Crippen LogP contribution in [0.2, 0.25) is 0 Å². The number of hydrogen-bond acceptors (Lipinski definition) is 7. The highest BCUT2D eigenvalue weighted by Crippen LogP contribution is 2.59. The van der Waals surface area contributed by atoms with Gasteiger partial charge in [-0.05, 0) is 32.3 Å². The number of aromatic nitrogens is 1. The lowest BCUT2D eigenvalue weighted by Gasteiger charge is -2.34. The van der Waals surface area contributed by atoms with Crippen molar-refractivity contribution < 1.29 is 28.4 Å². The number of carbonyl (C=O) groups is 3. The number of hydrogen-bond donors (Lipinski definition) is 2. The van der Waals surface area contributed by atoms with Crippen molar-refractivity contribution in [3.8, 4) is 0 Å². The maximum Gasteiger partial charge on any atom is 0.246 e. The van der Waals surface area contributed by atoms with Crippen LogP contribution in [0, 0.1) is 18.8 Å². The summed E-state index contributed by atoms with van der Waals surface area (Å²) in [6, 6.07) is 10.3. The van der Waals surface area contributed by atoms with E-state index >= 15 is 0 Å². The van der Waals surface area contributed by atoms with Crippen molar-refractivity contribution in [1.82, 2.24) is 15.4 Å². The van der Waals surface area contributed by atoms with Crippen molar-refractivity contribution in [2.24, 2.45) is 11.8 Å². The first-order chi connectivity index (χ1) is 17.8. The van der Waals surface area contributed by atoms with Gasteiger partial charge in [-0.1, -0.05) is 47.6 Å². The zero-order valence-corrected chi connectivity index (χ0v) is 20.8. The monoisotopic (exact) mass is 506 g/mol. The summed E-state index contributed by atoms with van der Waals surface area (Å²) >= 11 is 0. The topological polar surface area (TPSA) is 123 Å². The minimum Gasteiger partial charge on any atom is -0.376 e. The molecule has 194 valence electrons. The van der Waals surface area contributed by atoms with Gasteiger partial charge in [0.2, 0.25) is 17.7 Å². The van der Waals surface area contributed by atoms with E-state index in [1.54, 1.807) is 24.8 Å². The van der Waals surface area contributed by atoms with Crippen LogP contribution in [0.4, 0.5) is 5.82 Å². The molecule has 0 saturated carbocycles. The molecule has 3 amide bonds. The van der Waals surface area contributed by atoms with Gasteiger partial charge in [0, 0.05) is 25.8 Å². The first-order valence-electron chi connectivity index (χ1n) is 12.7. The molecule has 10 nitrogen and oxygen atoms in total. The second-order valence-corrected chi connectivity index (χ2v) is 10.5. The molecule has 2 N–H and O–H groups in total. The van der Waals surface area contributed by atoms with Crippen molar-refractivity contribution in [2.75, 3.05) is 18.5 Å². The zero-order chi connectivity index (χ0) is 25.8. The van der Waals surface area contributed by atoms with Crippen LogP contribution in [0.3, 0.4) is 0 Å². The van der Waals surface area contributed by atoms with Gasteiger partial charge < -0.3 is 29.5 Å². The van der Waals surface area contributed by atoms with Crippen LogP contribution in [-0.4, -0.2) is 64.3 Å². The lowest BCUT2D eigenvalue weighted by atomic mass is 9.70. The predicted molar refractivity (Wildman–Crippen MR) is 131 cm³/mol. The smallest absolute Gasteiger partial charge is 0.246 e. The van der Waals surface area contributed by atoms with E-state index in [9.17, 15) is 14.4 Å². The molecule has 37 heavy (non-hydrogen) atoms. The highest BCUT2D eigenvalue weighted by atomic mass is 16.5. The first-order valence-corrected chi connectivity index (χ1v) is 12.7. The van der Waals surface area contributed by atoms with E-state index in [-0.39, 0.29) is 30.3 Å². The molecule has 4 aliphatic rings. The Morgan fingerprint density at radius 2 is 2.00 bits per heavy atom. The summed E-state index contributed by atoms with van der Waals surface area (Å²) in [5.74, 6) is -1.88. The highest BCUT2D eigenvalue weighted by Gasteiger charge is 2.76. The van der Waals surface area contributed by atoms with Crippen molar-refractivity contribution in [1.29, 1.82) is 0 Å². The van der Waals surface area contributed by atoms with E-state index in [0.29, 0.717) is 18.9 Å². The maximum absolute atomic E-state index is 14.0. The Kier molecular flexibility index (Phi) is 5.68. The van der Waals surface area contributed by atoms with Crippen molar-refractivity contribution in [3.05, 3.63) is 59.9 Å². The lowest BCUT2D eigenvalue weighted by Crippen LogP contribution is -2.55. The molecule has 6 atom stereocenters. The zero-order valence-electron chi connectivity index (χ0n) is 20.8. The molecule has 1 spiro atoms. The molecular formula is C27H30N4O6. The number of amides is 3. The van der Waals surface area contributed by atoms with E-state index in [2.05, 4.69) is 15.8 Å². The van der Waals surface area contributed by atoms with Crippen molar-refractivity contribution >= 4 is 23.5 Å². The fourth-order valence-corrected chi connectivity index (χ4v) is 6.34. The summed E-state index contributed by atoms with van der Waals surface area (Å²) in [4.78, 5) is 42.9. The second-order valence-electron chi connectivity index (χ2n) is 10.5. The molecule has 3 saturated heterocycles. The molecule has 2 aromatic rings. The van der Waals surface area contributed by atoms with Gasteiger partial charge in [0.15, 0.2) is 5.82 Å². The summed E-state index contributed by atoms with van der Waals surface area (Å²) in [5.41, 5.74) is -1.36. The van der Waals surface area contributed by atoms with Gasteiger partial charge in [0.05, 0.1) is 23.5 Å². The number of fused-ring (bicyclic) bond motifs is 1. The third-order valence-corrected chi connectivity index (χ3v) is 7.94. The van der Waals surface area contributed by atoms with Crippen LogP contribution in [0.25, 0.3) is 0 Å². The van der Waals surface area contributed by atoms with Crippen molar-refractivity contribution in [3.63, 3.8) is 0 Å². The minimum atomic E-state index is -1.26. The van der Waals surface area contributed by atoms with Crippen LogP contribution in [0.15, 0.2) is 53.1 Å². The fourth-order valence-electron chi connectivity index (χ4n) is 6.34. The van der Waals surface area contributed by atoms with E-state index in [4.69, 9.17) is 14.0 Å².